The Kier molecular flexibility index (Phi) is 6.47. The topological polar surface area (TPSA) is 34.1 Å². The van der Waals surface area contributed by atoms with Crippen LogP contribution in [-0.2, 0) is 9.84 Å². The zero-order chi connectivity index (χ0) is 13.6. The van der Waals surface area contributed by atoms with E-state index in [1.807, 2.05) is 19.1 Å². The summed E-state index contributed by atoms with van der Waals surface area (Å²) in [5, 5.41) is 0.672. The van der Waals surface area contributed by atoms with Crippen molar-refractivity contribution < 1.29 is 8.42 Å². The van der Waals surface area contributed by atoms with Crippen LogP contribution in [-0.4, -0.2) is 25.8 Å². The molecule has 0 aliphatic heterocycles. The van der Waals surface area contributed by atoms with E-state index in [0.717, 1.165) is 5.56 Å². The summed E-state index contributed by atoms with van der Waals surface area (Å²) in [5.74, 6) is 0.933. The molecule has 0 fully saturated rings. The highest BCUT2D eigenvalue weighted by Gasteiger charge is 2.16. The van der Waals surface area contributed by atoms with Gasteiger partial charge in [0.1, 0.15) is 9.84 Å². The molecule has 0 aliphatic rings. The number of alkyl halides is 1. The van der Waals surface area contributed by atoms with Crippen molar-refractivity contribution in [1.29, 1.82) is 0 Å². The molecule has 0 saturated carbocycles. The molecule has 0 aromatic heterocycles. The lowest BCUT2D eigenvalue weighted by Gasteiger charge is -2.14. The molecule has 0 N–H and O–H groups in total. The molecule has 0 amide bonds. The van der Waals surface area contributed by atoms with Crippen LogP contribution in [0.15, 0.2) is 24.3 Å². The van der Waals surface area contributed by atoms with Crippen molar-refractivity contribution in [3.05, 3.63) is 34.9 Å². The fraction of sp³-hybridized carbons (Fsp3) is 0.538. The minimum Gasteiger partial charge on any atom is -0.229 e. The van der Waals surface area contributed by atoms with Gasteiger partial charge in [0.15, 0.2) is 0 Å². The molecule has 0 spiro atoms. The lowest BCUT2D eigenvalue weighted by atomic mass is 9.99. The first-order valence-corrected chi connectivity index (χ1v) is 8.73. The van der Waals surface area contributed by atoms with Crippen LogP contribution in [0.4, 0.5) is 0 Å². The number of sulfone groups is 1. The Labute approximate surface area is 119 Å². The maximum Gasteiger partial charge on any atom is 0.150 e. The van der Waals surface area contributed by atoms with Crippen molar-refractivity contribution in [2.24, 2.45) is 0 Å². The minimum atomic E-state index is -2.94. The third-order valence-electron chi connectivity index (χ3n) is 2.82. The molecule has 0 bridgehead atoms. The zero-order valence-electron chi connectivity index (χ0n) is 10.4. The number of halogens is 2. The monoisotopic (exact) mass is 308 g/mol. The molecule has 0 radical (unpaired) electrons. The van der Waals surface area contributed by atoms with Crippen LogP contribution in [0.2, 0.25) is 5.02 Å². The van der Waals surface area contributed by atoms with Gasteiger partial charge in [0.25, 0.3) is 0 Å². The smallest absolute Gasteiger partial charge is 0.150 e. The van der Waals surface area contributed by atoms with Gasteiger partial charge >= 0.3 is 0 Å². The first-order valence-electron chi connectivity index (χ1n) is 6.00. The van der Waals surface area contributed by atoms with Crippen molar-refractivity contribution in [1.82, 2.24) is 0 Å². The lowest BCUT2D eigenvalue weighted by Crippen LogP contribution is -2.14. The number of hydrogen-bond donors (Lipinski definition) is 0. The van der Waals surface area contributed by atoms with Gasteiger partial charge in [0.2, 0.25) is 0 Å². The van der Waals surface area contributed by atoms with E-state index in [1.54, 1.807) is 12.1 Å². The highest BCUT2D eigenvalue weighted by molar-refractivity contribution is 7.91. The first-order chi connectivity index (χ1) is 8.48. The summed E-state index contributed by atoms with van der Waals surface area (Å²) < 4.78 is 23.3. The van der Waals surface area contributed by atoms with Gasteiger partial charge in [-0.15, -0.1) is 11.6 Å². The van der Waals surface area contributed by atoms with E-state index in [2.05, 4.69) is 0 Å². The Hall–Kier alpha value is -0.250. The maximum absolute atomic E-state index is 11.7. The van der Waals surface area contributed by atoms with Gasteiger partial charge in [-0.1, -0.05) is 30.7 Å². The molecular weight excluding hydrogens is 291 g/mol. The van der Waals surface area contributed by atoms with Crippen LogP contribution in [0.1, 0.15) is 31.2 Å². The molecule has 18 heavy (non-hydrogen) atoms. The summed E-state index contributed by atoms with van der Waals surface area (Å²) in [6.45, 7) is 1.87. The molecule has 0 heterocycles. The Bertz CT molecular complexity index is 454. The van der Waals surface area contributed by atoms with Gasteiger partial charge in [-0.2, -0.15) is 0 Å². The molecule has 1 atom stereocenters. The van der Waals surface area contributed by atoms with Crippen molar-refractivity contribution in [2.45, 2.75) is 25.7 Å². The van der Waals surface area contributed by atoms with Crippen LogP contribution < -0.4 is 0 Å². The van der Waals surface area contributed by atoms with E-state index in [0.29, 0.717) is 23.7 Å². The van der Waals surface area contributed by atoms with Crippen LogP contribution >= 0.6 is 23.2 Å². The van der Waals surface area contributed by atoms with Crippen molar-refractivity contribution in [2.75, 3.05) is 17.4 Å². The van der Waals surface area contributed by atoms with Gasteiger partial charge in [-0.3, -0.25) is 0 Å². The largest absolute Gasteiger partial charge is 0.229 e. The van der Waals surface area contributed by atoms with E-state index in [-0.39, 0.29) is 17.4 Å². The second-order valence-electron chi connectivity index (χ2n) is 4.34. The Morgan fingerprint density at radius 2 is 1.78 bits per heavy atom. The number of rotatable bonds is 7. The van der Waals surface area contributed by atoms with Gasteiger partial charge in [0, 0.05) is 16.7 Å². The summed E-state index contributed by atoms with van der Waals surface area (Å²) >= 11 is 11.7. The first kappa shape index (κ1) is 15.8. The third-order valence-corrected chi connectivity index (χ3v) is 5.33. The van der Waals surface area contributed by atoms with Crippen molar-refractivity contribution in [3.63, 3.8) is 0 Å². The average Bonchev–Trinajstić information content (AvgIpc) is 2.32. The van der Waals surface area contributed by atoms with Crippen LogP contribution in [0.5, 0.6) is 0 Å². The van der Waals surface area contributed by atoms with E-state index in [1.165, 1.54) is 0 Å². The van der Waals surface area contributed by atoms with Crippen molar-refractivity contribution in [3.8, 4) is 0 Å². The molecule has 5 heteroatoms. The molecule has 0 saturated heterocycles. The van der Waals surface area contributed by atoms with E-state index in [4.69, 9.17) is 23.2 Å². The zero-order valence-corrected chi connectivity index (χ0v) is 12.7. The van der Waals surface area contributed by atoms with E-state index < -0.39 is 9.84 Å². The molecule has 1 aromatic carbocycles. The SMILES string of the molecule is CCCS(=O)(=O)CCC(CCl)c1ccc(Cl)cc1. The van der Waals surface area contributed by atoms with Gasteiger partial charge in [-0.05, 0) is 36.5 Å². The van der Waals surface area contributed by atoms with Gasteiger partial charge in [-0.25, -0.2) is 8.42 Å². The van der Waals surface area contributed by atoms with E-state index >= 15 is 0 Å². The van der Waals surface area contributed by atoms with Crippen LogP contribution in [0, 0.1) is 0 Å². The lowest BCUT2D eigenvalue weighted by molar-refractivity contribution is 0.587. The highest BCUT2D eigenvalue weighted by Crippen LogP contribution is 2.23. The quantitative estimate of drug-likeness (QED) is 0.716. The van der Waals surface area contributed by atoms with Crippen LogP contribution in [0.3, 0.4) is 0 Å². The highest BCUT2D eigenvalue weighted by atomic mass is 35.5. The third kappa shape index (κ3) is 5.17. The summed E-state index contributed by atoms with van der Waals surface area (Å²) in [7, 11) is -2.94. The molecule has 1 unspecified atom stereocenters. The fourth-order valence-corrected chi connectivity index (χ4v) is 3.73. The van der Waals surface area contributed by atoms with Crippen LogP contribution in [0.25, 0.3) is 0 Å². The summed E-state index contributed by atoms with van der Waals surface area (Å²) in [6.07, 6.45) is 1.22. The second kappa shape index (κ2) is 7.37. The molecule has 1 rings (SSSR count). The average molecular weight is 309 g/mol. The summed E-state index contributed by atoms with van der Waals surface area (Å²) in [6, 6.07) is 7.41. The normalized spacial score (nSPS) is 13.5. The van der Waals surface area contributed by atoms with E-state index in [9.17, 15) is 8.42 Å². The Morgan fingerprint density at radius 1 is 1.17 bits per heavy atom. The Morgan fingerprint density at radius 3 is 2.28 bits per heavy atom. The predicted octanol–water partition coefficient (Wildman–Crippen LogP) is 3.88. The molecule has 2 nitrogen and oxygen atoms in total. The maximum atomic E-state index is 11.7. The van der Waals surface area contributed by atoms with Crippen molar-refractivity contribution >= 4 is 33.0 Å². The molecule has 102 valence electrons. The Balaban J connectivity index is 2.65. The van der Waals surface area contributed by atoms with Gasteiger partial charge in [0.05, 0.1) is 5.75 Å². The summed E-state index contributed by atoms with van der Waals surface area (Å²) in [4.78, 5) is 0. The summed E-state index contributed by atoms with van der Waals surface area (Å²) in [5.41, 5.74) is 1.04. The number of benzene rings is 1. The molecule has 1 aromatic rings. The van der Waals surface area contributed by atoms with Gasteiger partial charge < -0.3 is 0 Å². The standard InChI is InChI=1S/C13H18Cl2O2S/c1-2-8-18(16,17)9-7-12(10-14)11-3-5-13(15)6-4-11/h3-6,12H,2,7-10H2,1H3. The number of hydrogen-bond acceptors (Lipinski definition) is 2. The minimum absolute atomic E-state index is 0.0653. The second-order valence-corrected chi connectivity index (χ2v) is 7.39. The predicted molar refractivity (Wildman–Crippen MR) is 78.5 cm³/mol. The fourth-order valence-electron chi connectivity index (χ4n) is 1.80. The molecule has 0 aliphatic carbocycles. The molecular formula is C13H18Cl2O2S.